The zero-order valence-corrected chi connectivity index (χ0v) is 46.4. The van der Waals surface area contributed by atoms with Crippen molar-refractivity contribution in [1.82, 2.24) is 5.32 Å². The van der Waals surface area contributed by atoms with Gasteiger partial charge in [0.15, 0.2) is 30.7 Å². The molecule has 2 N–H and O–H groups in total. The van der Waals surface area contributed by atoms with Crippen LogP contribution in [0.2, 0.25) is 0 Å². The molecule has 9 atom stereocenters. The summed E-state index contributed by atoms with van der Waals surface area (Å²) in [5, 5.41) is 14.4. The first-order valence-electron chi connectivity index (χ1n) is 28.2. The molecule has 0 saturated carbocycles. The van der Waals surface area contributed by atoms with Gasteiger partial charge in [-0.25, -0.2) is 0 Å². The molecule has 0 spiro atoms. The second-order valence-electron chi connectivity index (χ2n) is 20.0. The molecule has 9 unspecified atom stereocenters. The van der Waals surface area contributed by atoms with Crippen LogP contribution in [0.1, 0.15) is 248 Å². The number of esters is 6. The third-order valence-corrected chi connectivity index (χ3v) is 13.1. The molecule has 0 aromatic rings. The summed E-state index contributed by atoms with van der Waals surface area (Å²) in [6.07, 6.45) is 20.9. The number of ether oxygens (including phenoxy) is 8. The molecule has 1 saturated heterocycles. The summed E-state index contributed by atoms with van der Waals surface area (Å²) in [6, 6.07) is -1.32. The third kappa shape index (κ3) is 33.7. The monoisotopic (exact) mass is 1040 g/mol. The fraction of sp³-hybridized carbons (Fsp3) is 0.875. The van der Waals surface area contributed by atoms with E-state index in [9.17, 15) is 38.7 Å². The number of hydrogen-bond donors (Lipinski definition) is 2. The molecule has 1 rings (SSSR count). The lowest BCUT2D eigenvalue weighted by molar-refractivity contribution is -0.307. The summed E-state index contributed by atoms with van der Waals surface area (Å²) in [6.45, 7) is 10.3. The average molecular weight is 1040 g/mol. The second-order valence-corrected chi connectivity index (χ2v) is 20.0. The van der Waals surface area contributed by atoms with Gasteiger partial charge in [-0.05, 0) is 25.7 Å². The quantitative estimate of drug-likeness (QED) is 0.0329. The van der Waals surface area contributed by atoms with Crippen LogP contribution in [0.4, 0.5) is 0 Å². The minimum absolute atomic E-state index is 0.200. The van der Waals surface area contributed by atoms with Gasteiger partial charge in [0.05, 0.1) is 12.6 Å². The van der Waals surface area contributed by atoms with Gasteiger partial charge in [-0.2, -0.15) is 0 Å². The number of unbranched alkanes of at least 4 members (excludes halogenated alkanes) is 26. The lowest BCUT2D eigenvalue weighted by Crippen LogP contribution is -2.63. The molecule has 1 fully saturated rings. The highest BCUT2D eigenvalue weighted by molar-refractivity contribution is 5.83. The Morgan fingerprint density at radius 1 is 0.479 bits per heavy atom. The number of aliphatic hydroxyl groups is 1. The molecule has 424 valence electrons. The zero-order valence-electron chi connectivity index (χ0n) is 46.4. The van der Waals surface area contributed by atoms with Crippen LogP contribution in [-0.2, 0) is 71.5 Å². The normalized spacial score (nSPS) is 19.2. The molecule has 0 radical (unpaired) electrons. The number of amides is 1. The summed E-state index contributed by atoms with van der Waals surface area (Å²) >= 11 is 0. The van der Waals surface area contributed by atoms with Gasteiger partial charge in [0.2, 0.25) is 0 Å². The first kappa shape index (κ1) is 67.2. The second kappa shape index (κ2) is 42.4. The van der Waals surface area contributed by atoms with Crippen molar-refractivity contribution in [3.05, 3.63) is 0 Å². The van der Waals surface area contributed by atoms with E-state index in [-0.39, 0.29) is 12.8 Å². The highest BCUT2D eigenvalue weighted by Gasteiger charge is 2.51. The van der Waals surface area contributed by atoms with Gasteiger partial charge < -0.3 is 48.3 Å². The van der Waals surface area contributed by atoms with E-state index in [1.54, 1.807) is 0 Å². The Morgan fingerprint density at radius 3 is 1.27 bits per heavy atom. The van der Waals surface area contributed by atoms with Gasteiger partial charge in [0.25, 0.3) is 5.91 Å². The Bertz CT molecular complexity index is 1530. The molecule has 1 heterocycles. The summed E-state index contributed by atoms with van der Waals surface area (Å²) < 4.78 is 45.4. The van der Waals surface area contributed by atoms with Crippen molar-refractivity contribution in [3.63, 3.8) is 0 Å². The molecular formula is C56H99NO16. The van der Waals surface area contributed by atoms with Crippen molar-refractivity contribution in [3.8, 4) is 0 Å². The summed E-state index contributed by atoms with van der Waals surface area (Å²) in [7, 11) is 0. The standard InChI is InChI=1S/C56H99NO16/c1-9-11-13-15-17-19-21-23-24-25-26-28-30-32-34-36-38-49(69-43(5)60)55(65)57-47(39-67-56-51(64)54(72-46(8)63)53(71-45(7)62)50(73-56)40-66-41(3)58)52(70-44(6)61)48(68-42(4)59)37-35-33-31-29-27-22-20-18-16-14-12-10-2/h47-54,56,64H,9-40H2,1-8H3,(H,57,65). The SMILES string of the molecule is CCCCCCCCCCCCCCCCCCC(OC(C)=O)C(=O)NC(COC1OC(COC(C)=O)C(OC(C)=O)C(OC(C)=O)C1O)C(OC(C)=O)C(CCCCCCCCCCCCCC)OC(C)=O. The van der Waals surface area contributed by atoms with Gasteiger partial charge in [0.1, 0.15) is 24.9 Å². The predicted octanol–water partition coefficient (Wildman–Crippen LogP) is 10.5. The van der Waals surface area contributed by atoms with Crippen LogP contribution in [0.25, 0.3) is 0 Å². The summed E-state index contributed by atoms with van der Waals surface area (Å²) in [4.78, 5) is 88.6. The lowest BCUT2D eigenvalue weighted by Gasteiger charge is -2.43. The first-order valence-corrected chi connectivity index (χ1v) is 28.2. The van der Waals surface area contributed by atoms with Crippen LogP contribution in [0.15, 0.2) is 0 Å². The van der Waals surface area contributed by atoms with Crippen LogP contribution < -0.4 is 5.32 Å². The Morgan fingerprint density at radius 2 is 0.877 bits per heavy atom. The van der Waals surface area contributed by atoms with Crippen molar-refractivity contribution in [2.75, 3.05) is 13.2 Å². The van der Waals surface area contributed by atoms with Crippen molar-refractivity contribution < 1.29 is 76.6 Å². The molecule has 1 aliphatic rings. The van der Waals surface area contributed by atoms with Gasteiger partial charge >= 0.3 is 35.8 Å². The molecule has 17 heteroatoms. The minimum Gasteiger partial charge on any atom is -0.463 e. The van der Waals surface area contributed by atoms with E-state index in [4.69, 9.17) is 37.9 Å². The Labute approximate surface area is 438 Å². The zero-order chi connectivity index (χ0) is 54.2. The summed E-state index contributed by atoms with van der Waals surface area (Å²) in [5.74, 6) is -5.15. The molecule has 1 aliphatic heterocycles. The maximum Gasteiger partial charge on any atom is 0.303 e. The van der Waals surface area contributed by atoms with Gasteiger partial charge in [-0.1, -0.05) is 181 Å². The predicted molar refractivity (Wildman–Crippen MR) is 277 cm³/mol. The van der Waals surface area contributed by atoms with Gasteiger partial charge in [0, 0.05) is 41.5 Å². The topological polar surface area (TPSA) is 226 Å². The number of aliphatic hydroxyl groups excluding tert-OH is 1. The molecular weight excluding hydrogens is 943 g/mol. The van der Waals surface area contributed by atoms with Crippen molar-refractivity contribution >= 4 is 41.7 Å². The van der Waals surface area contributed by atoms with E-state index in [0.717, 1.165) is 72.1 Å². The van der Waals surface area contributed by atoms with Crippen molar-refractivity contribution in [2.45, 2.75) is 303 Å². The highest BCUT2D eigenvalue weighted by Crippen LogP contribution is 2.29. The van der Waals surface area contributed by atoms with Gasteiger partial charge in [-0.3, -0.25) is 33.6 Å². The largest absolute Gasteiger partial charge is 0.463 e. The van der Waals surface area contributed by atoms with Crippen LogP contribution in [0.5, 0.6) is 0 Å². The smallest absolute Gasteiger partial charge is 0.303 e. The minimum atomic E-state index is -1.81. The average Bonchev–Trinajstić information content (AvgIpc) is 3.32. The Kier molecular flexibility index (Phi) is 39.0. The van der Waals surface area contributed by atoms with Crippen LogP contribution in [-0.4, -0.2) is 115 Å². The van der Waals surface area contributed by atoms with E-state index >= 15 is 0 Å². The molecule has 0 bridgehead atoms. The number of nitrogens with one attached hydrogen (secondary N) is 1. The third-order valence-electron chi connectivity index (χ3n) is 13.1. The van der Waals surface area contributed by atoms with E-state index in [0.29, 0.717) is 12.8 Å². The van der Waals surface area contributed by atoms with E-state index in [1.165, 1.54) is 136 Å². The van der Waals surface area contributed by atoms with Crippen molar-refractivity contribution in [1.29, 1.82) is 0 Å². The molecule has 17 nitrogen and oxygen atoms in total. The van der Waals surface area contributed by atoms with E-state index < -0.39 is 110 Å². The lowest BCUT2D eigenvalue weighted by atomic mass is 9.97. The van der Waals surface area contributed by atoms with Crippen molar-refractivity contribution in [2.24, 2.45) is 0 Å². The van der Waals surface area contributed by atoms with Crippen LogP contribution in [0.3, 0.4) is 0 Å². The fourth-order valence-corrected chi connectivity index (χ4v) is 9.34. The van der Waals surface area contributed by atoms with E-state index in [2.05, 4.69) is 19.2 Å². The molecule has 0 aromatic heterocycles. The maximum atomic E-state index is 14.3. The van der Waals surface area contributed by atoms with Crippen LogP contribution in [0, 0.1) is 0 Å². The molecule has 73 heavy (non-hydrogen) atoms. The number of hydrogen-bond acceptors (Lipinski definition) is 16. The number of carbonyl (C=O) groups is 7. The number of carbonyl (C=O) groups excluding carboxylic acids is 7. The highest BCUT2D eigenvalue weighted by atomic mass is 16.7. The number of rotatable bonds is 44. The molecule has 1 amide bonds. The Balaban J connectivity index is 3.29. The van der Waals surface area contributed by atoms with Gasteiger partial charge in [-0.15, -0.1) is 0 Å². The molecule has 0 aromatic carbocycles. The summed E-state index contributed by atoms with van der Waals surface area (Å²) in [5.41, 5.74) is 0. The first-order chi connectivity index (χ1) is 35.0. The maximum absolute atomic E-state index is 14.3. The fourth-order valence-electron chi connectivity index (χ4n) is 9.34. The van der Waals surface area contributed by atoms with E-state index in [1.807, 2.05) is 0 Å². The Hall–Kier alpha value is -3.83. The molecule has 0 aliphatic carbocycles. The van der Waals surface area contributed by atoms with Crippen LogP contribution >= 0.6 is 0 Å².